The third kappa shape index (κ3) is 14.8. The molecule has 514 valence electrons. The molecule has 12 rings (SSSR count). The molecule has 2 fully saturated rings. The summed E-state index contributed by atoms with van der Waals surface area (Å²) in [6.07, 6.45) is 30.3. The number of carbonyl (C=O) groups is 3. The van der Waals surface area contributed by atoms with Crippen LogP contribution in [-0.4, -0.2) is 114 Å². The number of benzene rings is 4. The minimum absolute atomic E-state index is 0.128. The van der Waals surface area contributed by atoms with Crippen LogP contribution in [0.4, 0.5) is 15.8 Å². The van der Waals surface area contributed by atoms with E-state index < -0.39 is 31.7 Å². The van der Waals surface area contributed by atoms with Crippen LogP contribution in [0.1, 0.15) is 200 Å². The minimum atomic E-state index is -4.99. The van der Waals surface area contributed by atoms with Gasteiger partial charge < -0.3 is 40.3 Å². The molecule has 7 heterocycles. The van der Waals surface area contributed by atoms with E-state index in [2.05, 4.69) is 146 Å². The Morgan fingerprint density at radius 3 is 2.29 bits per heavy atom. The molecule has 0 spiro atoms. The number of fused-ring (bicyclic) bond motifs is 6. The Bertz CT molecular complexity index is 3920. The molecule has 16 nitrogen and oxygen atoms in total. The number of phosphoric acid groups is 1. The molecular weight excluding hydrogens is 1230 g/mol. The van der Waals surface area contributed by atoms with Gasteiger partial charge >= 0.3 is 7.82 Å². The molecule has 6 N–H and O–H groups in total. The monoisotopic (exact) mass is 1330 g/mol. The molecule has 7 aliphatic heterocycles. The van der Waals surface area contributed by atoms with Gasteiger partial charge in [0.15, 0.2) is 5.71 Å². The molecule has 4 unspecified atom stereocenters. The van der Waals surface area contributed by atoms with Gasteiger partial charge in [0.1, 0.15) is 42.9 Å². The lowest BCUT2D eigenvalue weighted by Crippen LogP contribution is -2.47. The molecule has 8 aliphatic rings. The number of hydrogen-bond acceptors (Lipinski definition) is 9. The van der Waals surface area contributed by atoms with Crippen molar-refractivity contribution >= 4 is 48.3 Å². The van der Waals surface area contributed by atoms with E-state index in [1.54, 1.807) is 6.92 Å². The number of aryl methyl sites for hydroxylation is 3. The van der Waals surface area contributed by atoms with Crippen molar-refractivity contribution in [3.05, 3.63) is 146 Å². The largest absolute Gasteiger partial charge is 0.524 e. The van der Waals surface area contributed by atoms with Gasteiger partial charge in [-0.05, 0) is 159 Å². The second-order valence-corrected chi connectivity index (χ2v) is 30.6. The molecule has 18 heteroatoms. The second kappa shape index (κ2) is 30.0. The molecule has 1 aliphatic carbocycles. The van der Waals surface area contributed by atoms with E-state index in [0.717, 1.165) is 138 Å². The fourth-order valence-corrected chi connectivity index (χ4v) is 17.9. The number of nitrogens with zero attached hydrogens (tertiary/aromatic N) is 4. The van der Waals surface area contributed by atoms with Crippen LogP contribution >= 0.6 is 7.82 Å². The zero-order chi connectivity index (χ0) is 67.3. The van der Waals surface area contributed by atoms with Crippen LogP contribution in [0.2, 0.25) is 0 Å². The summed E-state index contributed by atoms with van der Waals surface area (Å²) in [5.41, 5.74) is 14.8. The number of carbonyl (C=O) groups excluding carboxylic acids is 3. The van der Waals surface area contributed by atoms with Crippen LogP contribution in [0.5, 0.6) is 17.2 Å². The van der Waals surface area contributed by atoms with E-state index in [1.807, 2.05) is 0 Å². The molecule has 96 heavy (non-hydrogen) atoms. The normalized spacial score (nSPS) is 20.7. The average Bonchev–Trinajstić information content (AvgIpc) is 1.06. The number of anilines is 1. The lowest BCUT2D eigenvalue weighted by Gasteiger charge is -2.39. The maximum Gasteiger partial charge on any atom is 0.524 e. The Hall–Kier alpha value is -7.07. The molecule has 4 atom stereocenters. The maximum absolute atomic E-state index is 15.4. The van der Waals surface area contributed by atoms with Gasteiger partial charge in [-0.1, -0.05) is 87.6 Å². The average molecular weight is 1330 g/mol. The Kier molecular flexibility index (Phi) is 21.5. The standard InChI is InChI=1S/C78H102FN8O8P/c1-52-39-40-65(95-96(91,92)93)57(49-52)69(79)76(90)82-43-20-8-7-19-42-81-75(89)62(33-18-21-41-80-70-58-50-53-27-23-44-85-46-25-29-55(71(53)85)73(58)94-74-56-30-26-47-86-45-24-28-54(72(56)86)51-59(70)74)83-68(88)38-13-10-22-48-87-64-35-17-15-32-61(64)78(4,5)67(87)37-12-9-11-36-66-77(2,3)60-31-14-16-34-63(60)84(66)6/h9,11-12,15,17,32,35-37,39-40,49-51,60,62-63,69H,7-8,10,13-14,16,18-31,33-34,38,41-48H2,1-6H3,(H4-,81,82,83,88,89,90,91,92,93)/p+2. The third-order valence-corrected chi connectivity index (χ3v) is 22.6. The van der Waals surface area contributed by atoms with Crippen molar-refractivity contribution < 1.29 is 47.0 Å². The Balaban J connectivity index is 0.681. The summed E-state index contributed by atoms with van der Waals surface area (Å²) in [4.78, 5) is 64.9. The smallest absolute Gasteiger partial charge is 0.455 e. The predicted octanol–water partition coefficient (Wildman–Crippen LogP) is 11.7. The van der Waals surface area contributed by atoms with Crippen LogP contribution in [0.25, 0.3) is 5.70 Å². The first-order valence-corrected chi connectivity index (χ1v) is 37.9. The molecule has 0 aromatic heterocycles. The number of halogens is 1. The molecule has 1 saturated heterocycles. The van der Waals surface area contributed by atoms with Gasteiger partial charge in [-0.3, -0.25) is 24.2 Å². The van der Waals surface area contributed by atoms with Gasteiger partial charge in [0.2, 0.25) is 29.0 Å². The van der Waals surface area contributed by atoms with Crippen LogP contribution in [0.3, 0.4) is 0 Å². The van der Waals surface area contributed by atoms with Crippen molar-refractivity contribution in [1.82, 2.24) is 30.7 Å². The van der Waals surface area contributed by atoms with Crippen LogP contribution in [-0.2, 0) is 50.0 Å². The number of amides is 3. The second-order valence-electron chi connectivity index (χ2n) is 29.4. The first-order chi connectivity index (χ1) is 46.3. The van der Waals surface area contributed by atoms with E-state index in [9.17, 15) is 28.7 Å². The van der Waals surface area contributed by atoms with Gasteiger partial charge in [0.05, 0.1) is 16.7 Å². The number of phosphoric ester groups is 1. The number of alkyl halides is 1. The first-order valence-electron chi connectivity index (χ1n) is 36.3. The highest BCUT2D eigenvalue weighted by molar-refractivity contribution is 7.46. The van der Waals surface area contributed by atoms with Gasteiger partial charge in [0, 0.05) is 133 Å². The number of unbranched alkanes of at least 4 members (excludes halogenated alkanes) is 6. The molecule has 3 amide bonds. The lowest BCUT2D eigenvalue weighted by molar-refractivity contribution is -0.438. The highest BCUT2D eigenvalue weighted by atomic mass is 31.2. The van der Waals surface area contributed by atoms with E-state index in [-0.39, 0.29) is 34.8 Å². The zero-order valence-corrected chi connectivity index (χ0v) is 58.7. The topological polar surface area (TPSA) is 188 Å². The highest BCUT2D eigenvalue weighted by Crippen LogP contribution is 2.53. The van der Waals surface area contributed by atoms with Crippen LogP contribution in [0, 0.1) is 18.3 Å². The fraction of sp³-hybridized carbons (Fsp3) is 0.551. The molecule has 0 radical (unpaired) electrons. The van der Waals surface area contributed by atoms with Crippen molar-refractivity contribution in [2.24, 2.45) is 11.3 Å². The highest BCUT2D eigenvalue weighted by Gasteiger charge is 2.49. The number of rotatable bonds is 28. The maximum atomic E-state index is 15.4. The predicted molar refractivity (Wildman–Crippen MR) is 379 cm³/mol. The van der Waals surface area contributed by atoms with Crippen LogP contribution < -0.4 is 50.6 Å². The van der Waals surface area contributed by atoms with Crippen molar-refractivity contribution in [2.45, 2.75) is 206 Å². The number of allylic oxidation sites excluding steroid dienone is 6. The number of ether oxygens (including phenoxy) is 1. The summed E-state index contributed by atoms with van der Waals surface area (Å²) in [6, 6.07) is 17.6. The Labute approximate surface area is 567 Å². The van der Waals surface area contributed by atoms with Crippen molar-refractivity contribution in [3.63, 3.8) is 0 Å². The summed E-state index contributed by atoms with van der Waals surface area (Å²) in [7, 11) is -2.70. The zero-order valence-electron chi connectivity index (χ0n) is 57.8. The summed E-state index contributed by atoms with van der Waals surface area (Å²) in [6.45, 7) is 17.6. The fourth-order valence-electron chi connectivity index (χ4n) is 17.4. The van der Waals surface area contributed by atoms with Crippen LogP contribution in [0.15, 0.2) is 90.7 Å². The number of para-hydroxylation sites is 1. The SMILES string of the molecule is Cc1ccc(OP(=O)(O)O)c(C(F)C(=O)NCCCCCCNC(=O)C(CCCCNC2=c3cc4c5c(c3Oc3c2cc2c6c3CCCN6CCC2)CCC[N+]=5CCC4)NC(=O)CCCCC[N+]2=C(/C=C/C=C/C=C3/N(C)C4CCCCC4C3(C)C)C(C)(C)c3ccccc32)c1. The van der Waals surface area contributed by atoms with Gasteiger partial charge in [0.25, 0.3) is 5.91 Å². The van der Waals surface area contributed by atoms with Crippen molar-refractivity contribution in [2.75, 3.05) is 64.3 Å². The molecule has 4 aromatic rings. The summed E-state index contributed by atoms with van der Waals surface area (Å²) >= 11 is 0. The Morgan fingerprint density at radius 1 is 0.781 bits per heavy atom. The minimum Gasteiger partial charge on any atom is -0.455 e. The summed E-state index contributed by atoms with van der Waals surface area (Å²) < 4.78 is 43.9. The van der Waals surface area contributed by atoms with Crippen molar-refractivity contribution in [3.8, 4) is 17.2 Å². The first kappa shape index (κ1) is 68.9. The van der Waals surface area contributed by atoms with Gasteiger partial charge in [-0.15, -0.1) is 0 Å². The van der Waals surface area contributed by atoms with Crippen molar-refractivity contribution in [1.29, 1.82) is 0 Å². The number of nitrogens with one attached hydrogen (secondary N) is 4. The summed E-state index contributed by atoms with van der Waals surface area (Å²) in [5, 5.41) is 15.5. The number of likely N-dealkylation sites (tertiary alicyclic amines) is 1. The van der Waals surface area contributed by atoms with E-state index >= 15 is 4.39 Å². The van der Waals surface area contributed by atoms with Gasteiger partial charge in [-0.2, -0.15) is 4.58 Å². The quantitative estimate of drug-likeness (QED) is 0.0137. The Morgan fingerprint density at radius 2 is 1.50 bits per heavy atom. The lowest BCUT2D eigenvalue weighted by atomic mass is 9.71. The molecule has 4 aromatic carbocycles. The van der Waals surface area contributed by atoms with Gasteiger partial charge in [-0.25, -0.2) is 13.5 Å². The third-order valence-electron chi connectivity index (χ3n) is 22.2. The number of hydrogen-bond donors (Lipinski definition) is 6. The van der Waals surface area contributed by atoms with E-state index in [0.29, 0.717) is 75.6 Å². The molecule has 0 bridgehead atoms. The van der Waals surface area contributed by atoms with E-state index in [1.165, 1.54) is 99.8 Å². The summed E-state index contributed by atoms with van der Waals surface area (Å²) in [5.74, 6) is 1.10. The molecular formula is C78H104FN8O8P+2. The van der Waals surface area contributed by atoms with E-state index in [4.69, 9.17) is 4.74 Å². The molecule has 1 saturated carbocycles.